The van der Waals surface area contributed by atoms with E-state index < -0.39 is 17.5 Å². The quantitative estimate of drug-likeness (QED) is 0.284. The Bertz CT molecular complexity index is 1870. The summed E-state index contributed by atoms with van der Waals surface area (Å²) >= 11 is 12.3. The number of benzene rings is 3. The topological polar surface area (TPSA) is 124 Å². The van der Waals surface area contributed by atoms with Crippen LogP contribution in [-0.4, -0.2) is 42.9 Å². The summed E-state index contributed by atoms with van der Waals surface area (Å²) in [6, 6.07) is 20.1. The number of rotatable bonds is 7. The van der Waals surface area contributed by atoms with Crippen molar-refractivity contribution in [3.8, 4) is 16.9 Å². The molecule has 5 aromatic rings. The molecule has 0 aliphatic carbocycles. The van der Waals surface area contributed by atoms with Gasteiger partial charge in [-0.25, -0.2) is 9.67 Å². The van der Waals surface area contributed by atoms with Crippen molar-refractivity contribution in [2.45, 2.75) is 18.9 Å². The van der Waals surface area contributed by atoms with Crippen LogP contribution in [0.3, 0.4) is 0 Å². The molecule has 1 aliphatic rings. The van der Waals surface area contributed by atoms with Crippen molar-refractivity contribution in [2.75, 3.05) is 11.9 Å². The van der Waals surface area contributed by atoms with E-state index in [-0.39, 0.29) is 17.5 Å². The van der Waals surface area contributed by atoms with Crippen LogP contribution in [0.15, 0.2) is 90.1 Å². The summed E-state index contributed by atoms with van der Waals surface area (Å²) in [5.74, 6) is -0.528. The van der Waals surface area contributed by atoms with Crippen LogP contribution in [-0.2, 0) is 17.6 Å². The van der Waals surface area contributed by atoms with Crippen molar-refractivity contribution in [1.29, 1.82) is 0 Å². The van der Waals surface area contributed by atoms with E-state index in [0.717, 1.165) is 11.1 Å². The molecule has 0 saturated heterocycles. The molecule has 0 saturated carbocycles. The number of amides is 2. The lowest BCUT2D eigenvalue weighted by Crippen LogP contribution is -2.35. The molecule has 2 aromatic heterocycles. The fourth-order valence-corrected chi connectivity index (χ4v) is 5.25. The third-order valence-corrected chi connectivity index (χ3v) is 7.40. The maximum absolute atomic E-state index is 13.7. The molecule has 2 amide bonds. The molecular weight excluding hydrogens is 577 g/mol. The molecule has 0 spiro atoms. The first-order valence-electron chi connectivity index (χ1n) is 13.1. The number of fused-ring (bicyclic) bond motifs is 1. The van der Waals surface area contributed by atoms with Crippen LogP contribution in [0.2, 0.25) is 10.2 Å². The van der Waals surface area contributed by atoms with Crippen molar-refractivity contribution >= 4 is 40.7 Å². The number of nitrogens with zero attached hydrogens (tertiary/aromatic N) is 5. The van der Waals surface area contributed by atoms with Crippen LogP contribution >= 0.6 is 23.2 Å². The fraction of sp³-hybridized carbons (Fsp3) is 0.133. The van der Waals surface area contributed by atoms with Gasteiger partial charge in [0.25, 0.3) is 11.5 Å². The van der Waals surface area contributed by atoms with Crippen LogP contribution in [0.1, 0.15) is 27.5 Å². The number of anilines is 1. The van der Waals surface area contributed by atoms with E-state index >= 15 is 0 Å². The Labute approximate surface area is 249 Å². The number of carbonyl (C=O) groups is 2. The number of aromatic nitrogens is 5. The molecule has 0 bridgehead atoms. The number of nitrogens with one attached hydrogen (secondary N) is 2. The summed E-state index contributed by atoms with van der Waals surface area (Å²) in [7, 11) is 0. The van der Waals surface area contributed by atoms with Gasteiger partial charge in [0.2, 0.25) is 5.91 Å². The molecule has 0 unspecified atom stereocenters. The largest absolute Gasteiger partial charge is 0.352 e. The van der Waals surface area contributed by atoms with E-state index in [4.69, 9.17) is 23.2 Å². The maximum atomic E-state index is 13.7. The van der Waals surface area contributed by atoms with Crippen molar-refractivity contribution in [3.05, 3.63) is 123 Å². The van der Waals surface area contributed by atoms with Crippen LogP contribution in [0.25, 0.3) is 16.9 Å². The molecule has 1 atom stereocenters. The highest BCUT2D eigenvalue weighted by atomic mass is 35.5. The summed E-state index contributed by atoms with van der Waals surface area (Å²) in [4.78, 5) is 44.0. The summed E-state index contributed by atoms with van der Waals surface area (Å²) in [5.41, 5.74) is 3.87. The number of halogens is 2. The molecule has 210 valence electrons. The molecule has 0 radical (unpaired) electrons. The van der Waals surface area contributed by atoms with Gasteiger partial charge in [0.15, 0.2) is 5.15 Å². The van der Waals surface area contributed by atoms with Gasteiger partial charge in [-0.1, -0.05) is 58.7 Å². The molecule has 3 aromatic carbocycles. The Balaban J connectivity index is 1.35. The summed E-state index contributed by atoms with van der Waals surface area (Å²) < 4.78 is 2.78. The predicted molar refractivity (Wildman–Crippen MR) is 159 cm³/mol. The number of hydrogen-bond donors (Lipinski definition) is 2. The SMILES string of the molecule is O=C1NCCc2cc(NC(=O)[C@H](Cc3ccccc3)n3cnc(-c4cc(Cl)ccc4-n4cc(Cl)nn4)cc3=O)ccc21. The van der Waals surface area contributed by atoms with Crippen molar-refractivity contribution in [1.82, 2.24) is 29.9 Å². The predicted octanol–water partition coefficient (Wildman–Crippen LogP) is 4.51. The lowest BCUT2D eigenvalue weighted by atomic mass is 9.99. The van der Waals surface area contributed by atoms with E-state index in [9.17, 15) is 14.4 Å². The molecule has 42 heavy (non-hydrogen) atoms. The minimum Gasteiger partial charge on any atom is -0.352 e. The van der Waals surface area contributed by atoms with Crippen LogP contribution < -0.4 is 16.2 Å². The Morgan fingerprint density at radius 3 is 2.60 bits per heavy atom. The minimum absolute atomic E-state index is 0.136. The Kier molecular flexibility index (Phi) is 7.56. The van der Waals surface area contributed by atoms with Crippen molar-refractivity contribution in [2.24, 2.45) is 0 Å². The van der Waals surface area contributed by atoms with Gasteiger partial charge in [0, 0.05) is 40.9 Å². The number of hydrogen-bond acceptors (Lipinski definition) is 6. The van der Waals surface area contributed by atoms with Crippen LogP contribution in [0.5, 0.6) is 0 Å². The molecule has 12 heteroatoms. The zero-order chi connectivity index (χ0) is 29.2. The standard InChI is InChI=1S/C30H23Cl2N7O3/c31-20-6-9-25(39-16-27(32)36-37-39)23(14-20)24-15-28(40)38(17-34-24)26(12-18-4-2-1-3-5-18)30(42)35-21-7-8-22-19(13-21)10-11-33-29(22)41/h1-9,13-17,26H,10-12H2,(H,33,41)(H,35,42)/t26-/m0/s1. The maximum Gasteiger partial charge on any atom is 0.254 e. The minimum atomic E-state index is -0.909. The first kappa shape index (κ1) is 27.4. The van der Waals surface area contributed by atoms with Crippen LogP contribution in [0.4, 0.5) is 5.69 Å². The lowest BCUT2D eigenvalue weighted by molar-refractivity contribution is -0.119. The van der Waals surface area contributed by atoms with Gasteiger partial charge in [0.05, 0.1) is 23.9 Å². The average molecular weight is 600 g/mol. The highest BCUT2D eigenvalue weighted by molar-refractivity contribution is 6.31. The third-order valence-electron chi connectivity index (χ3n) is 6.99. The molecule has 2 N–H and O–H groups in total. The molecule has 1 aliphatic heterocycles. The normalized spacial score (nSPS) is 13.2. The summed E-state index contributed by atoms with van der Waals surface area (Å²) in [6.45, 7) is 0.533. The molecule has 0 fully saturated rings. The third kappa shape index (κ3) is 5.67. The van der Waals surface area contributed by atoms with Gasteiger partial charge in [-0.2, -0.15) is 0 Å². The monoisotopic (exact) mass is 599 g/mol. The second kappa shape index (κ2) is 11.6. The smallest absolute Gasteiger partial charge is 0.254 e. The Hall–Kier alpha value is -4.80. The first-order chi connectivity index (χ1) is 20.4. The second-order valence-corrected chi connectivity index (χ2v) is 10.6. The average Bonchev–Trinajstić information content (AvgIpc) is 3.42. The summed E-state index contributed by atoms with van der Waals surface area (Å²) in [5, 5.41) is 14.2. The van der Waals surface area contributed by atoms with E-state index in [2.05, 4.69) is 25.9 Å². The van der Waals surface area contributed by atoms with Gasteiger partial charge in [0.1, 0.15) is 6.04 Å². The zero-order valence-electron chi connectivity index (χ0n) is 22.0. The molecule has 6 rings (SSSR count). The van der Waals surface area contributed by atoms with Crippen molar-refractivity contribution < 1.29 is 9.59 Å². The lowest BCUT2D eigenvalue weighted by Gasteiger charge is -2.21. The van der Waals surface area contributed by atoms with E-state index in [1.807, 2.05) is 30.3 Å². The number of carbonyl (C=O) groups excluding carboxylic acids is 2. The molecular formula is C30H23Cl2N7O3. The molecule has 10 nitrogen and oxygen atoms in total. The fourth-order valence-electron chi connectivity index (χ4n) is 4.95. The first-order valence-corrected chi connectivity index (χ1v) is 13.8. The summed E-state index contributed by atoms with van der Waals surface area (Å²) in [6.07, 6.45) is 3.81. The highest BCUT2D eigenvalue weighted by Crippen LogP contribution is 2.28. The second-order valence-electron chi connectivity index (χ2n) is 9.74. The van der Waals surface area contributed by atoms with Crippen LogP contribution in [0, 0.1) is 0 Å². The Morgan fingerprint density at radius 1 is 1.00 bits per heavy atom. The highest BCUT2D eigenvalue weighted by Gasteiger charge is 2.25. The van der Waals surface area contributed by atoms with Gasteiger partial charge < -0.3 is 10.6 Å². The van der Waals surface area contributed by atoms with Gasteiger partial charge in [-0.15, -0.1) is 5.10 Å². The van der Waals surface area contributed by atoms with Gasteiger partial charge in [-0.3, -0.25) is 19.0 Å². The van der Waals surface area contributed by atoms with E-state index in [0.29, 0.717) is 46.2 Å². The Morgan fingerprint density at radius 2 is 1.83 bits per heavy atom. The van der Waals surface area contributed by atoms with Gasteiger partial charge >= 0.3 is 0 Å². The van der Waals surface area contributed by atoms with E-state index in [1.165, 1.54) is 27.8 Å². The zero-order valence-corrected chi connectivity index (χ0v) is 23.5. The van der Waals surface area contributed by atoms with Crippen molar-refractivity contribution in [3.63, 3.8) is 0 Å². The van der Waals surface area contributed by atoms with E-state index in [1.54, 1.807) is 36.4 Å². The van der Waals surface area contributed by atoms with Gasteiger partial charge in [-0.05, 0) is 53.9 Å². The molecule has 3 heterocycles.